The number of benzene rings is 1. The molecule has 3 aromatic rings. The number of fused-ring (bicyclic) bond motifs is 1. The minimum absolute atomic E-state index is 0.0617. The molecule has 0 unspecified atom stereocenters. The number of pyridine rings is 1. The number of hydrogen-bond donors (Lipinski definition) is 1. The van der Waals surface area contributed by atoms with Crippen molar-refractivity contribution in [3.8, 4) is 0 Å². The van der Waals surface area contributed by atoms with Gasteiger partial charge in [0.15, 0.2) is 0 Å². The normalized spacial score (nSPS) is 16.6. The molecule has 32 heavy (non-hydrogen) atoms. The third-order valence-corrected chi connectivity index (χ3v) is 5.85. The molecule has 2 amide bonds. The van der Waals surface area contributed by atoms with Crippen LogP contribution in [0.1, 0.15) is 30.3 Å². The second-order valence-corrected chi connectivity index (χ2v) is 8.33. The molecule has 0 aliphatic carbocycles. The van der Waals surface area contributed by atoms with Crippen LogP contribution in [0.5, 0.6) is 0 Å². The number of ether oxygens (including phenoxy) is 1. The van der Waals surface area contributed by atoms with E-state index >= 15 is 0 Å². The number of hydrogen-bond acceptors (Lipinski definition) is 4. The summed E-state index contributed by atoms with van der Waals surface area (Å²) in [5, 5.41) is 3.04. The number of rotatable bonds is 6. The molecule has 1 aromatic carbocycles. The van der Waals surface area contributed by atoms with E-state index in [2.05, 4.69) is 22.0 Å². The SMILES string of the molecule is COC/C=C/c1nc([C@@H]2CCCN(C(=O)Nc3ccc(N(C)C)cc3)C2)n2ccccc12. The molecule has 1 atom stereocenters. The number of aromatic nitrogens is 2. The number of amides is 2. The van der Waals surface area contributed by atoms with Crippen molar-refractivity contribution in [2.45, 2.75) is 18.8 Å². The molecule has 1 saturated heterocycles. The van der Waals surface area contributed by atoms with Gasteiger partial charge in [0.05, 0.1) is 17.8 Å². The Morgan fingerprint density at radius 1 is 1.25 bits per heavy atom. The van der Waals surface area contributed by atoms with Gasteiger partial charge in [-0.15, -0.1) is 0 Å². The van der Waals surface area contributed by atoms with E-state index in [4.69, 9.17) is 9.72 Å². The molecule has 0 radical (unpaired) electrons. The van der Waals surface area contributed by atoms with Gasteiger partial charge in [-0.3, -0.25) is 0 Å². The fourth-order valence-corrected chi connectivity index (χ4v) is 4.17. The number of nitrogens with zero attached hydrogens (tertiary/aromatic N) is 4. The molecule has 3 heterocycles. The molecule has 1 N–H and O–H groups in total. The van der Waals surface area contributed by atoms with Crippen LogP contribution in [-0.4, -0.2) is 61.2 Å². The molecular formula is C25H31N5O2. The summed E-state index contributed by atoms with van der Waals surface area (Å²) in [6, 6.07) is 13.9. The number of nitrogens with one attached hydrogen (secondary N) is 1. The highest BCUT2D eigenvalue weighted by atomic mass is 16.5. The molecule has 1 fully saturated rings. The summed E-state index contributed by atoms with van der Waals surface area (Å²) in [6.45, 7) is 1.95. The number of anilines is 2. The lowest BCUT2D eigenvalue weighted by Crippen LogP contribution is -2.42. The zero-order valence-corrected chi connectivity index (χ0v) is 19.0. The largest absolute Gasteiger partial charge is 0.381 e. The molecule has 0 bridgehead atoms. The van der Waals surface area contributed by atoms with E-state index in [1.54, 1.807) is 7.11 Å². The second-order valence-electron chi connectivity index (χ2n) is 8.33. The van der Waals surface area contributed by atoms with Crippen LogP contribution in [0.2, 0.25) is 0 Å². The number of carbonyl (C=O) groups excluding carboxylic acids is 1. The third-order valence-electron chi connectivity index (χ3n) is 5.85. The molecule has 2 aromatic heterocycles. The van der Waals surface area contributed by atoms with Gasteiger partial charge in [-0.05, 0) is 55.3 Å². The Kier molecular flexibility index (Phi) is 6.75. The van der Waals surface area contributed by atoms with Gasteiger partial charge in [-0.2, -0.15) is 0 Å². The van der Waals surface area contributed by atoms with E-state index in [1.165, 1.54) is 0 Å². The van der Waals surface area contributed by atoms with Gasteiger partial charge in [0.2, 0.25) is 0 Å². The molecule has 168 valence electrons. The van der Waals surface area contributed by atoms with E-state index in [-0.39, 0.29) is 11.9 Å². The topological polar surface area (TPSA) is 62.1 Å². The maximum absolute atomic E-state index is 13.0. The highest BCUT2D eigenvalue weighted by Gasteiger charge is 2.28. The van der Waals surface area contributed by atoms with Crippen molar-refractivity contribution in [1.29, 1.82) is 0 Å². The summed E-state index contributed by atoms with van der Waals surface area (Å²) in [5.41, 5.74) is 3.90. The van der Waals surface area contributed by atoms with Crippen LogP contribution >= 0.6 is 0 Å². The van der Waals surface area contributed by atoms with Gasteiger partial charge in [-0.1, -0.05) is 12.1 Å². The number of urea groups is 1. The average Bonchev–Trinajstić information content (AvgIpc) is 3.18. The summed E-state index contributed by atoms with van der Waals surface area (Å²) < 4.78 is 7.28. The Labute approximate surface area is 189 Å². The molecular weight excluding hydrogens is 402 g/mol. The molecule has 7 nitrogen and oxygen atoms in total. The van der Waals surface area contributed by atoms with Gasteiger partial charge < -0.3 is 24.3 Å². The molecule has 1 aliphatic heterocycles. The fourth-order valence-electron chi connectivity index (χ4n) is 4.17. The van der Waals surface area contributed by atoms with Gasteiger partial charge >= 0.3 is 6.03 Å². The van der Waals surface area contributed by atoms with E-state index in [1.807, 2.05) is 72.4 Å². The number of carbonyl (C=O) groups is 1. The Morgan fingerprint density at radius 2 is 2.06 bits per heavy atom. The predicted molar refractivity (Wildman–Crippen MR) is 129 cm³/mol. The Hall–Kier alpha value is -3.32. The van der Waals surface area contributed by atoms with Crippen molar-refractivity contribution >= 4 is 29.0 Å². The van der Waals surface area contributed by atoms with Crippen LogP contribution < -0.4 is 10.2 Å². The Balaban J connectivity index is 1.50. The van der Waals surface area contributed by atoms with Crippen molar-refractivity contribution < 1.29 is 9.53 Å². The highest BCUT2D eigenvalue weighted by Crippen LogP contribution is 2.29. The maximum Gasteiger partial charge on any atom is 0.321 e. The first kappa shape index (κ1) is 21.9. The smallest absolute Gasteiger partial charge is 0.321 e. The molecule has 7 heteroatoms. The lowest BCUT2D eigenvalue weighted by atomic mass is 9.97. The van der Waals surface area contributed by atoms with Crippen LogP contribution in [0.4, 0.5) is 16.2 Å². The number of likely N-dealkylation sites (tertiary alicyclic amines) is 1. The first-order valence-electron chi connectivity index (χ1n) is 11.0. The van der Waals surface area contributed by atoms with Crippen LogP contribution in [0, 0.1) is 0 Å². The van der Waals surface area contributed by atoms with Crippen molar-refractivity contribution in [2.24, 2.45) is 0 Å². The summed E-state index contributed by atoms with van der Waals surface area (Å²) >= 11 is 0. The number of imidazole rings is 1. The monoisotopic (exact) mass is 433 g/mol. The van der Waals surface area contributed by atoms with Crippen LogP contribution in [0.3, 0.4) is 0 Å². The molecule has 4 rings (SSSR count). The van der Waals surface area contributed by atoms with Gasteiger partial charge in [-0.25, -0.2) is 9.78 Å². The first-order chi connectivity index (χ1) is 15.6. The predicted octanol–water partition coefficient (Wildman–Crippen LogP) is 4.47. The van der Waals surface area contributed by atoms with Crippen molar-refractivity contribution in [3.05, 3.63) is 66.3 Å². The first-order valence-corrected chi connectivity index (χ1v) is 11.0. The van der Waals surface area contributed by atoms with Gasteiger partial charge in [0.1, 0.15) is 5.82 Å². The fraction of sp³-hybridized carbons (Fsp3) is 0.360. The minimum atomic E-state index is -0.0617. The zero-order chi connectivity index (χ0) is 22.5. The third kappa shape index (κ3) is 4.78. The zero-order valence-electron chi connectivity index (χ0n) is 19.0. The lowest BCUT2D eigenvalue weighted by Gasteiger charge is -2.32. The number of piperidine rings is 1. The average molecular weight is 434 g/mol. The Bertz CT molecular complexity index is 1090. The summed E-state index contributed by atoms with van der Waals surface area (Å²) in [7, 11) is 5.68. The van der Waals surface area contributed by atoms with E-state index in [0.29, 0.717) is 13.2 Å². The van der Waals surface area contributed by atoms with Gasteiger partial charge in [0.25, 0.3) is 0 Å². The lowest BCUT2D eigenvalue weighted by molar-refractivity contribution is 0.191. The van der Waals surface area contributed by atoms with Crippen LogP contribution in [0.25, 0.3) is 11.6 Å². The van der Waals surface area contributed by atoms with Crippen LogP contribution in [0.15, 0.2) is 54.7 Å². The summed E-state index contributed by atoms with van der Waals surface area (Å²) in [5.74, 6) is 1.19. The molecule has 0 saturated carbocycles. The maximum atomic E-state index is 13.0. The summed E-state index contributed by atoms with van der Waals surface area (Å²) in [6.07, 6.45) is 8.00. The van der Waals surface area contributed by atoms with Crippen molar-refractivity contribution in [1.82, 2.24) is 14.3 Å². The standard InChI is InChI=1S/C25H31N5O2/c1-28(2)21-13-11-20(12-14-21)26-25(31)29-15-6-8-19(18-29)24-27-22(9-7-17-32-3)23-10-4-5-16-30(23)24/h4-5,7,9-14,16,19H,6,8,15,17-18H2,1-3H3,(H,26,31)/b9-7+/t19-/m1/s1. The molecule has 0 spiro atoms. The summed E-state index contributed by atoms with van der Waals surface area (Å²) in [4.78, 5) is 21.8. The molecule has 1 aliphatic rings. The van der Waals surface area contributed by atoms with E-state index in [0.717, 1.165) is 47.8 Å². The van der Waals surface area contributed by atoms with Gasteiger partial charge in [0, 0.05) is 57.8 Å². The Morgan fingerprint density at radius 3 is 2.81 bits per heavy atom. The van der Waals surface area contributed by atoms with Crippen LogP contribution in [-0.2, 0) is 4.74 Å². The minimum Gasteiger partial charge on any atom is -0.381 e. The van der Waals surface area contributed by atoms with Crippen molar-refractivity contribution in [2.75, 3.05) is 51.1 Å². The quantitative estimate of drug-likeness (QED) is 0.623. The van der Waals surface area contributed by atoms with Crippen molar-refractivity contribution in [3.63, 3.8) is 0 Å². The second kappa shape index (κ2) is 9.87. The van der Waals surface area contributed by atoms with E-state index in [9.17, 15) is 4.79 Å². The number of methoxy groups -OCH3 is 1. The van der Waals surface area contributed by atoms with E-state index < -0.39 is 0 Å². The highest BCUT2D eigenvalue weighted by molar-refractivity contribution is 5.89.